The fourth-order valence-corrected chi connectivity index (χ4v) is 3.38. The van der Waals surface area contributed by atoms with E-state index in [9.17, 15) is 24.9 Å². The summed E-state index contributed by atoms with van der Waals surface area (Å²) in [5.74, 6) is -3.07. The summed E-state index contributed by atoms with van der Waals surface area (Å²) >= 11 is 11.9. The van der Waals surface area contributed by atoms with Gasteiger partial charge in [-0.25, -0.2) is 4.79 Å². The Balaban J connectivity index is 2.55. The molecule has 0 bridgehead atoms. The predicted octanol–water partition coefficient (Wildman–Crippen LogP) is -0.509. The van der Waals surface area contributed by atoms with Crippen LogP contribution in [0.3, 0.4) is 0 Å². The van der Waals surface area contributed by atoms with E-state index in [0.717, 1.165) is 0 Å². The number of rotatable bonds is 3. The van der Waals surface area contributed by atoms with E-state index in [1.54, 1.807) is 0 Å². The van der Waals surface area contributed by atoms with Gasteiger partial charge in [-0.1, -0.05) is 0 Å². The molecule has 0 unspecified atom stereocenters. The Morgan fingerprint density at radius 3 is 2.54 bits per heavy atom. The van der Waals surface area contributed by atoms with Crippen LogP contribution in [0.25, 0.3) is 0 Å². The zero-order valence-corrected chi connectivity index (χ0v) is 14.6. The number of hydrogen-bond acceptors (Lipinski definition) is 7. The number of aliphatic hydroxyl groups is 3. The number of amides is 1. The van der Waals surface area contributed by atoms with Crippen LogP contribution >= 0.6 is 23.2 Å². The van der Waals surface area contributed by atoms with Gasteiger partial charge in [-0.2, -0.15) is 0 Å². The molecule has 0 spiro atoms. The lowest BCUT2D eigenvalue weighted by molar-refractivity contribution is -0.173. The molecular formula is C14H20Cl2N2O6. The molecule has 0 saturated carbocycles. The monoisotopic (exact) mass is 382 g/mol. The molecule has 136 valence electrons. The Labute approximate surface area is 148 Å². The fourth-order valence-electron chi connectivity index (χ4n) is 3.02. The summed E-state index contributed by atoms with van der Waals surface area (Å²) in [4.78, 5) is 23.1. The molecule has 8 nitrogen and oxygen atoms in total. The summed E-state index contributed by atoms with van der Waals surface area (Å²) < 4.78 is 5.28. The lowest BCUT2D eigenvalue weighted by Gasteiger charge is -2.50. The SMILES string of the molecule is C[C@H](N)C(=O)N[C@H]1[C@H]2C(=C(O)C[C@@H](O)[C@H]2O)C(=O)O[C@@]1(C)C(Cl)Cl. The number of carbonyl (C=O) groups is 2. The van der Waals surface area contributed by atoms with Gasteiger partial charge in [0.2, 0.25) is 5.91 Å². The van der Waals surface area contributed by atoms with Crippen molar-refractivity contribution in [1.82, 2.24) is 5.32 Å². The average molecular weight is 383 g/mol. The van der Waals surface area contributed by atoms with E-state index in [1.165, 1.54) is 13.8 Å². The number of hydrogen-bond donors (Lipinski definition) is 5. The number of ether oxygens (including phenoxy) is 1. The highest BCUT2D eigenvalue weighted by molar-refractivity contribution is 6.45. The van der Waals surface area contributed by atoms with Gasteiger partial charge in [-0.3, -0.25) is 4.79 Å². The van der Waals surface area contributed by atoms with Crippen LogP contribution in [0.2, 0.25) is 0 Å². The topological polar surface area (TPSA) is 142 Å². The van der Waals surface area contributed by atoms with Crippen LogP contribution in [-0.2, 0) is 14.3 Å². The molecule has 1 aliphatic heterocycles. The first-order valence-corrected chi connectivity index (χ1v) is 8.23. The second-order valence-corrected chi connectivity index (χ2v) is 7.39. The number of aliphatic hydroxyl groups excluding tert-OH is 3. The van der Waals surface area contributed by atoms with Crippen LogP contribution < -0.4 is 11.1 Å². The molecule has 2 aliphatic rings. The number of cyclic esters (lactones) is 1. The summed E-state index contributed by atoms with van der Waals surface area (Å²) in [6, 6.07) is -1.99. The molecule has 1 saturated heterocycles. The normalized spacial score (nSPS) is 37.8. The molecule has 0 radical (unpaired) electrons. The number of esters is 1. The van der Waals surface area contributed by atoms with Crippen molar-refractivity contribution in [3.63, 3.8) is 0 Å². The van der Waals surface area contributed by atoms with Crippen molar-refractivity contribution in [1.29, 1.82) is 0 Å². The molecule has 6 N–H and O–H groups in total. The van der Waals surface area contributed by atoms with Gasteiger partial charge in [-0.15, -0.1) is 23.2 Å². The minimum Gasteiger partial charge on any atom is -0.512 e. The van der Waals surface area contributed by atoms with Crippen LogP contribution in [0, 0.1) is 5.92 Å². The quantitative estimate of drug-likeness (QED) is 0.326. The van der Waals surface area contributed by atoms with Crippen molar-refractivity contribution in [2.24, 2.45) is 11.7 Å². The van der Waals surface area contributed by atoms with Crippen molar-refractivity contribution in [2.45, 2.75) is 55.0 Å². The Morgan fingerprint density at radius 2 is 2.04 bits per heavy atom. The van der Waals surface area contributed by atoms with Crippen molar-refractivity contribution in [3.8, 4) is 0 Å². The van der Waals surface area contributed by atoms with E-state index < -0.39 is 58.3 Å². The molecule has 0 aromatic carbocycles. The summed E-state index contributed by atoms with van der Waals surface area (Å²) in [6.07, 6.45) is -3.07. The third-order valence-electron chi connectivity index (χ3n) is 4.46. The van der Waals surface area contributed by atoms with E-state index in [4.69, 9.17) is 33.7 Å². The lowest BCUT2D eigenvalue weighted by Crippen LogP contribution is -2.68. The first-order valence-electron chi connectivity index (χ1n) is 7.36. The van der Waals surface area contributed by atoms with Gasteiger partial charge >= 0.3 is 5.97 Å². The smallest absolute Gasteiger partial charge is 0.338 e. The second-order valence-electron chi connectivity index (χ2n) is 6.30. The van der Waals surface area contributed by atoms with E-state index >= 15 is 0 Å². The Bertz CT molecular complexity index is 582. The predicted molar refractivity (Wildman–Crippen MR) is 85.3 cm³/mol. The standard InChI is InChI=1S/C14H20Cl2N2O6/c1-4(17)11(22)18-10-8-7(5(19)3-6(20)9(8)21)12(23)24-14(10,2)13(15)16/h4,6,8-10,13,19-21H,3,17H2,1-2H3,(H,18,22)/t4-,6+,8-,9+,10-,14+/m0/s1. The highest BCUT2D eigenvalue weighted by Gasteiger charge is 2.59. The molecule has 2 rings (SSSR count). The third-order valence-corrected chi connectivity index (χ3v) is 5.33. The van der Waals surface area contributed by atoms with E-state index in [0.29, 0.717) is 0 Å². The maximum atomic E-state index is 12.3. The average Bonchev–Trinajstić information content (AvgIpc) is 2.46. The highest BCUT2D eigenvalue weighted by atomic mass is 35.5. The molecule has 10 heteroatoms. The number of nitrogens with two attached hydrogens (primary N) is 1. The van der Waals surface area contributed by atoms with E-state index in [1.807, 2.05) is 0 Å². The van der Waals surface area contributed by atoms with Crippen LogP contribution in [-0.4, -0.2) is 61.9 Å². The number of carbonyl (C=O) groups excluding carboxylic acids is 2. The van der Waals surface area contributed by atoms with Gasteiger partial charge in [-0.05, 0) is 13.8 Å². The Kier molecular flexibility index (Phi) is 5.37. The first-order chi connectivity index (χ1) is 11.0. The minimum atomic E-state index is -1.60. The summed E-state index contributed by atoms with van der Waals surface area (Å²) in [6.45, 7) is 2.84. The Morgan fingerprint density at radius 1 is 1.46 bits per heavy atom. The highest BCUT2D eigenvalue weighted by Crippen LogP contribution is 2.44. The van der Waals surface area contributed by atoms with Crippen LogP contribution in [0.15, 0.2) is 11.3 Å². The summed E-state index contributed by atoms with van der Waals surface area (Å²) in [7, 11) is 0. The zero-order valence-electron chi connectivity index (χ0n) is 13.1. The van der Waals surface area contributed by atoms with E-state index in [2.05, 4.69) is 5.32 Å². The number of nitrogens with one attached hydrogen (secondary N) is 1. The van der Waals surface area contributed by atoms with Gasteiger partial charge < -0.3 is 31.1 Å². The van der Waals surface area contributed by atoms with Gasteiger partial charge in [0.1, 0.15) is 10.6 Å². The second kappa shape index (κ2) is 6.68. The Hall–Kier alpha value is -1.06. The van der Waals surface area contributed by atoms with Gasteiger partial charge in [0, 0.05) is 12.3 Å². The molecule has 0 aromatic heterocycles. The maximum absolute atomic E-state index is 12.3. The fraction of sp³-hybridized carbons (Fsp3) is 0.714. The summed E-state index contributed by atoms with van der Waals surface area (Å²) in [5, 5.41) is 32.9. The zero-order chi connectivity index (χ0) is 18.4. The first kappa shape index (κ1) is 19.3. The largest absolute Gasteiger partial charge is 0.512 e. The molecule has 0 aromatic rings. The van der Waals surface area contributed by atoms with Crippen molar-refractivity contribution in [2.75, 3.05) is 0 Å². The molecule has 1 heterocycles. The minimum absolute atomic E-state index is 0.214. The molecule has 1 aliphatic carbocycles. The number of fused-ring (bicyclic) bond motifs is 1. The van der Waals surface area contributed by atoms with Crippen LogP contribution in [0.4, 0.5) is 0 Å². The molecule has 24 heavy (non-hydrogen) atoms. The van der Waals surface area contributed by atoms with Gasteiger partial charge in [0.05, 0.1) is 29.9 Å². The number of alkyl halides is 2. The van der Waals surface area contributed by atoms with E-state index in [-0.39, 0.29) is 12.0 Å². The third kappa shape index (κ3) is 3.09. The van der Waals surface area contributed by atoms with Crippen molar-refractivity contribution < 1.29 is 29.6 Å². The summed E-state index contributed by atoms with van der Waals surface area (Å²) in [5.41, 5.74) is 3.73. The van der Waals surface area contributed by atoms with Crippen LogP contribution in [0.5, 0.6) is 0 Å². The van der Waals surface area contributed by atoms with Gasteiger partial charge in [0.15, 0.2) is 5.60 Å². The maximum Gasteiger partial charge on any atom is 0.338 e. The molecular weight excluding hydrogens is 363 g/mol. The number of halogens is 2. The van der Waals surface area contributed by atoms with Crippen molar-refractivity contribution >= 4 is 35.1 Å². The van der Waals surface area contributed by atoms with Crippen molar-refractivity contribution in [3.05, 3.63) is 11.3 Å². The molecule has 6 atom stereocenters. The lowest BCUT2D eigenvalue weighted by atomic mass is 9.71. The molecule has 1 amide bonds. The molecule has 1 fully saturated rings. The van der Waals surface area contributed by atoms with Crippen LogP contribution in [0.1, 0.15) is 20.3 Å². The van der Waals surface area contributed by atoms with Gasteiger partial charge in [0.25, 0.3) is 0 Å².